The lowest BCUT2D eigenvalue weighted by Crippen LogP contribution is -2.15. The molecule has 0 atom stereocenters. The predicted octanol–water partition coefficient (Wildman–Crippen LogP) is 6.82. The van der Waals surface area contributed by atoms with Crippen LogP contribution in [0.2, 0.25) is 0 Å². The Morgan fingerprint density at radius 2 is 1.47 bits per heavy atom. The Labute approximate surface area is 220 Å². The number of imidazole rings is 1. The maximum atomic E-state index is 14.0. The van der Waals surface area contributed by atoms with Crippen molar-refractivity contribution in [2.24, 2.45) is 0 Å². The van der Waals surface area contributed by atoms with Crippen LogP contribution in [0.3, 0.4) is 0 Å². The first-order valence-electron chi connectivity index (χ1n) is 12.7. The Morgan fingerprint density at radius 3 is 2.13 bits per heavy atom. The largest absolute Gasteiger partial charge is 0.497 e. The van der Waals surface area contributed by atoms with Crippen LogP contribution in [0.4, 0.5) is 10.1 Å². The number of halogens is 1. The molecule has 6 nitrogen and oxygen atoms in total. The summed E-state index contributed by atoms with van der Waals surface area (Å²) in [4.78, 5) is 14.0. The highest BCUT2D eigenvalue weighted by Gasteiger charge is 2.29. The van der Waals surface area contributed by atoms with Crippen LogP contribution in [-0.4, -0.2) is 29.1 Å². The van der Waals surface area contributed by atoms with Gasteiger partial charge in [-0.05, 0) is 91.1 Å². The zero-order valence-corrected chi connectivity index (χ0v) is 21.3. The summed E-state index contributed by atoms with van der Waals surface area (Å²) in [6, 6.07) is 21.6. The van der Waals surface area contributed by atoms with E-state index < -0.39 is 0 Å². The minimum Gasteiger partial charge on any atom is -0.497 e. The molecule has 2 aromatic heterocycles. The Morgan fingerprint density at radius 1 is 0.842 bits per heavy atom. The normalized spacial score (nSPS) is 12.8. The maximum Gasteiger partial charge on any atom is 0.273 e. The molecule has 5 aromatic rings. The number of benzene rings is 3. The summed E-state index contributed by atoms with van der Waals surface area (Å²) >= 11 is 0. The molecule has 0 fully saturated rings. The van der Waals surface area contributed by atoms with Crippen LogP contribution in [0.25, 0.3) is 28.0 Å². The number of nitrogens with one attached hydrogen (secondary N) is 1. The van der Waals surface area contributed by atoms with Gasteiger partial charge in [-0.3, -0.25) is 9.20 Å². The highest BCUT2D eigenvalue weighted by atomic mass is 19.1. The molecular weight excluding hydrogens is 481 g/mol. The van der Waals surface area contributed by atoms with Crippen molar-refractivity contribution in [2.45, 2.75) is 25.8 Å². The second-order valence-electron chi connectivity index (χ2n) is 9.44. The SMILES string of the molecule is COc1ccc(NC(=O)c2c(-c3ccc(F)cc3)c3c4n(c(-c5ccc(OC)cc5)cn24)CCCC3)cc1. The fourth-order valence-corrected chi connectivity index (χ4v) is 5.39. The maximum absolute atomic E-state index is 14.0. The second-order valence-corrected chi connectivity index (χ2v) is 9.44. The number of ether oxygens (including phenoxy) is 2. The number of nitrogens with zero attached hydrogens (tertiary/aromatic N) is 2. The summed E-state index contributed by atoms with van der Waals surface area (Å²) < 4.78 is 28.8. The molecular formula is C31H28FN3O3. The van der Waals surface area contributed by atoms with Crippen LogP contribution >= 0.6 is 0 Å². The van der Waals surface area contributed by atoms with E-state index in [0.29, 0.717) is 17.1 Å². The molecule has 0 unspecified atom stereocenters. The van der Waals surface area contributed by atoms with Crippen molar-refractivity contribution >= 4 is 17.2 Å². The van der Waals surface area contributed by atoms with E-state index in [1.165, 1.54) is 12.1 Å². The lowest BCUT2D eigenvalue weighted by Gasteiger charge is -2.11. The molecule has 0 spiro atoms. The molecule has 0 radical (unpaired) electrons. The number of anilines is 1. The Bertz CT molecular complexity index is 1610. The van der Waals surface area contributed by atoms with Crippen LogP contribution in [0, 0.1) is 5.82 Å². The topological polar surface area (TPSA) is 56.9 Å². The molecule has 0 aliphatic carbocycles. The van der Waals surface area contributed by atoms with Gasteiger partial charge in [-0.2, -0.15) is 0 Å². The molecule has 6 rings (SSSR count). The van der Waals surface area contributed by atoms with Crippen molar-refractivity contribution in [3.8, 4) is 33.9 Å². The van der Waals surface area contributed by atoms with Crippen molar-refractivity contribution in [1.29, 1.82) is 0 Å². The van der Waals surface area contributed by atoms with Crippen molar-refractivity contribution in [1.82, 2.24) is 8.97 Å². The molecule has 192 valence electrons. The van der Waals surface area contributed by atoms with Gasteiger partial charge in [0.05, 0.1) is 19.9 Å². The van der Waals surface area contributed by atoms with Gasteiger partial charge < -0.3 is 19.4 Å². The number of methoxy groups -OCH3 is 2. The Hall–Kier alpha value is -4.52. The summed E-state index contributed by atoms with van der Waals surface area (Å²) in [5.74, 6) is 0.973. The van der Waals surface area contributed by atoms with Gasteiger partial charge in [0, 0.05) is 29.6 Å². The smallest absolute Gasteiger partial charge is 0.273 e. The third kappa shape index (κ3) is 4.10. The molecule has 3 aromatic carbocycles. The van der Waals surface area contributed by atoms with Gasteiger partial charge in [0.2, 0.25) is 0 Å². The number of carbonyl (C=O) groups excluding carboxylic acids is 1. The van der Waals surface area contributed by atoms with Gasteiger partial charge >= 0.3 is 0 Å². The molecule has 1 aliphatic rings. The molecule has 38 heavy (non-hydrogen) atoms. The highest BCUT2D eigenvalue weighted by Crippen LogP contribution is 2.40. The minimum absolute atomic E-state index is 0.227. The third-order valence-electron chi connectivity index (χ3n) is 7.22. The molecule has 1 N–H and O–H groups in total. The van der Waals surface area contributed by atoms with E-state index in [0.717, 1.165) is 65.2 Å². The van der Waals surface area contributed by atoms with Crippen LogP contribution in [0.1, 0.15) is 28.9 Å². The number of hydrogen-bond acceptors (Lipinski definition) is 3. The van der Waals surface area contributed by atoms with Crippen molar-refractivity contribution < 1.29 is 18.7 Å². The van der Waals surface area contributed by atoms with Gasteiger partial charge in [-0.25, -0.2) is 4.39 Å². The average molecular weight is 510 g/mol. The molecule has 0 saturated carbocycles. The summed E-state index contributed by atoms with van der Waals surface area (Å²) in [6.07, 6.45) is 4.90. The summed E-state index contributed by atoms with van der Waals surface area (Å²) in [6.45, 7) is 0.845. The van der Waals surface area contributed by atoms with Crippen LogP contribution < -0.4 is 14.8 Å². The van der Waals surface area contributed by atoms with Crippen LogP contribution in [0.5, 0.6) is 11.5 Å². The Kier molecular flexibility index (Phi) is 6.12. The quantitative estimate of drug-likeness (QED) is 0.273. The third-order valence-corrected chi connectivity index (χ3v) is 7.22. The van der Waals surface area contributed by atoms with Crippen molar-refractivity contribution in [2.75, 3.05) is 19.5 Å². The molecule has 1 aliphatic heterocycles. The zero-order valence-electron chi connectivity index (χ0n) is 21.3. The molecule has 3 heterocycles. The van der Waals surface area contributed by atoms with Gasteiger partial charge in [-0.15, -0.1) is 0 Å². The first-order valence-corrected chi connectivity index (χ1v) is 12.7. The number of hydrogen-bond donors (Lipinski definition) is 1. The van der Waals surface area contributed by atoms with E-state index in [1.807, 2.05) is 59.1 Å². The number of aryl methyl sites for hydroxylation is 2. The summed E-state index contributed by atoms with van der Waals surface area (Å²) in [7, 11) is 3.26. The lowest BCUT2D eigenvalue weighted by molar-refractivity contribution is 0.102. The van der Waals surface area contributed by atoms with Crippen molar-refractivity contribution in [3.63, 3.8) is 0 Å². The monoisotopic (exact) mass is 509 g/mol. The average Bonchev–Trinajstić information content (AvgIpc) is 3.37. The molecule has 1 amide bonds. The highest BCUT2D eigenvalue weighted by molar-refractivity contribution is 6.10. The van der Waals surface area contributed by atoms with Gasteiger partial charge in [0.15, 0.2) is 0 Å². The number of amides is 1. The minimum atomic E-state index is -0.307. The van der Waals surface area contributed by atoms with E-state index in [1.54, 1.807) is 26.4 Å². The predicted molar refractivity (Wildman–Crippen MR) is 147 cm³/mol. The van der Waals surface area contributed by atoms with Gasteiger partial charge in [0.1, 0.15) is 28.7 Å². The van der Waals surface area contributed by atoms with Crippen LogP contribution in [0.15, 0.2) is 79.0 Å². The molecule has 0 bridgehead atoms. The molecule has 0 saturated heterocycles. The second kappa shape index (κ2) is 9.74. The van der Waals surface area contributed by atoms with E-state index in [2.05, 4.69) is 9.88 Å². The van der Waals surface area contributed by atoms with Crippen molar-refractivity contribution in [3.05, 3.63) is 96.1 Å². The number of rotatable bonds is 6. The number of aromatic nitrogens is 2. The van der Waals surface area contributed by atoms with E-state index >= 15 is 0 Å². The number of carbonyl (C=O) groups is 1. The van der Waals surface area contributed by atoms with E-state index in [4.69, 9.17) is 9.47 Å². The first kappa shape index (κ1) is 23.9. The summed E-state index contributed by atoms with van der Waals surface area (Å²) in [5, 5.41) is 3.07. The lowest BCUT2D eigenvalue weighted by atomic mass is 9.97. The fourth-order valence-electron chi connectivity index (χ4n) is 5.39. The van der Waals surface area contributed by atoms with E-state index in [9.17, 15) is 9.18 Å². The Balaban J connectivity index is 1.56. The first-order chi connectivity index (χ1) is 18.6. The standard InChI is InChI=1S/C31H28FN3O3/c1-37-24-14-8-20(9-15-24)27-19-35-29(30(36)33-23-12-16-25(38-2)17-13-23)28(21-6-10-22(32)11-7-21)26-5-3-4-18-34(27)31(26)35/h6-17,19H,3-5,18H2,1-2H3,(H,33,36). The van der Waals surface area contributed by atoms with E-state index in [-0.39, 0.29) is 11.7 Å². The van der Waals surface area contributed by atoms with Gasteiger partial charge in [0.25, 0.3) is 5.91 Å². The fraction of sp³-hybridized carbons (Fsp3) is 0.194. The van der Waals surface area contributed by atoms with Gasteiger partial charge in [-0.1, -0.05) is 12.1 Å². The van der Waals surface area contributed by atoms with Crippen LogP contribution in [-0.2, 0) is 13.0 Å². The zero-order chi connectivity index (χ0) is 26.2. The molecule has 7 heteroatoms. The summed E-state index contributed by atoms with van der Waals surface area (Å²) in [5.41, 5.74) is 7.07.